The molecule has 0 bridgehead atoms. The van der Waals surface area contributed by atoms with Crippen molar-refractivity contribution < 1.29 is 13.2 Å². The molecule has 0 aliphatic carbocycles. The maximum atomic E-state index is 13.5. The predicted octanol–water partition coefficient (Wildman–Crippen LogP) is 2.49. The Morgan fingerprint density at radius 3 is 2.18 bits per heavy atom. The second-order valence-electron chi connectivity index (χ2n) is 3.71. The average molecular weight is 241 g/mol. The molecule has 2 aromatic rings. The third kappa shape index (κ3) is 1.75. The molecule has 0 fully saturated rings. The fraction of sp³-hybridized carbons (Fsp3) is 0.182. The molecule has 1 aromatic carbocycles. The minimum atomic E-state index is -1.24. The van der Waals surface area contributed by atoms with Gasteiger partial charge in [0.2, 0.25) is 0 Å². The van der Waals surface area contributed by atoms with Crippen LogP contribution in [0, 0.1) is 31.3 Å². The first-order valence-electron chi connectivity index (χ1n) is 4.88. The molecule has 6 heteroatoms. The van der Waals surface area contributed by atoms with E-state index < -0.39 is 17.5 Å². The summed E-state index contributed by atoms with van der Waals surface area (Å²) in [5.41, 5.74) is 6.90. The summed E-state index contributed by atoms with van der Waals surface area (Å²) in [4.78, 5) is 0. The summed E-state index contributed by atoms with van der Waals surface area (Å²) < 4.78 is 40.5. The smallest absolute Gasteiger partial charge is 0.161 e. The Morgan fingerprint density at radius 2 is 1.65 bits per heavy atom. The van der Waals surface area contributed by atoms with Gasteiger partial charge in [0.05, 0.1) is 17.1 Å². The van der Waals surface area contributed by atoms with Crippen LogP contribution in [0.5, 0.6) is 0 Å². The molecule has 0 saturated carbocycles. The standard InChI is InChI=1S/C11H10F3N3/c1-5-11(15)6(2)17(16-5)10-4-8(13)7(12)3-9(10)14/h3-4H,15H2,1-2H3. The Labute approximate surface area is 95.7 Å². The van der Waals surface area contributed by atoms with Gasteiger partial charge in [0.1, 0.15) is 5.69 Å². The van der Waals surface area contributed by atoms with Crippen molar-refractivity contribution in [2.75, 3.05) is 5.73 Å². The monoisotopic (exact) mass is 241 g/mol. The number of aromatic nitrogens is 2. The number of rotatable bonds is 1. The highest BCUT2D eigenvalue weighted by Crippen LogP contribution is 2.23. The molecule has 0 saturated heterocycles. The highest BCUT2D eigenvalue weighted by Gasteiger charge is 2.16. The van der Waals surface area contributed by atoms with E-state index in [1.165, 1.54) is 0 Å². The zero-order valence-corrected chi connectivity index (χ0v) is 9.26. The van der Waals surface area contributed by atoms with E-state index in [4.69, 9.17) is 5.73 Å². The van der Waals surface area contributed by atoms with Crippen molar-refractivity contribution in [1.29, 1.82) is 0 Å². The van der Waals surface area contributed by atoms with E-state index in [9.17, 15) is 13.2 Å². The number of nitrogen functional groups attached to an aromatic ring is 1. The summed E-state index contributed by atoms with van der Waals surface area (Å²) in [6.45, 7) is 3.27. The van der Waals surface area contributed by atoms with Crippen LogP contribution in [0.4, 0.5) is 18.9 Å². The second kappa shape index (κ2) is 3.80. The van der Waals surface area contributed by atoms with E-state index >= 15 is 0 Å². The lowest BCUT2D eigenvalue weighted by atomic mass is 10.2. The summed E-state index contributed by atoms with van der Waals surface area (Å²) in [5.74, 6) is -3.26. The Balaban J connectivity index is 2.68. The number of anilines is 1. The molecule has 90 valence electrons. The van der Waals surface area contributed by atoms with Crippen LogP contribution in [0.2, 0.25) is 0 Å². The number of nitrogens with zero attached hydrogens (tertiary/aromatic N) is 2. The SMILES string of the molecule is Cc1nn(-c2cc(F)c(F)cc2F)c(C)c1N. The topological polar surface area (TPSA) is 43.8 Å². The van der Waals surface area contributed by atoms with Crippen LogP contribution >= 0.6 is 0 Å². The molecule has 1 aromatic heterocycles. The first-order valence-corrected chi connectivity index (χ1v) is 4.88. The van der Waals surface area contributed by atoms with E-state index in [0.29, 0.717) is 23.1 Å². The van der Waals surface area contributed by atoms with Gasteiger partial charge in [-0.2, -0.15) is 5.10 Å². The number of benzene rings is 1. The van der Waals surface area contributed by atoms with Gasteiger partial charge in [-0.1, -0.05) is 0 Å². The highest BCUT2D eigenvalue weighted by atomic mass is 19.2. The molecule has 0 unspecified atom stereocenters. The highest BCUT2D eigenvalue weighted by molar-refractivity contribution is 5.50. The molecule has 0 aliphatic rings. The molecule has 17 heavy (non-hydrogen) atoms. The molecule has 3 nitrogen and oxygen atoms in total. The largest absolute Gasteiger partial charge is 0.396 e. The van der Waals surface area contributed by atoms with Crippen molar-refractivity contribution in [3.63, 3.8) is 0 Å². The number of aryl methyl sites for hydroxylation is 1. The Morgan fingerprint density at radius 1 is 1.06 bits per heavy atom. The van der Waals surface area contributed by atoms with Crippen molar-refractivity contribution in [3.05, 3.63) is 41.0 Å². The van der Waals surface area contributed by atoms with Crippen molar-refractivity contribution in [2.24, 2.45) is 0 Å². The quantitative estimate of drug-likeness (QED) is 0.779. The van der Waals surface area contributed by atoms with E-state index in [1.54, 1.807) is 13.8 Å². The fourth-order valence-electron chi connectivity index (χ4n) is 1.56. The summed E-state index contributed by atoms with van der Waals surface area (Å²) in [6, 6.07) is 1.24. The molecule has 1 heterocycles. The Kier molecular flexibility index (Phi) is 2.57. The minimum absolute atomic E-state index is 0.166. The van der Waals surface area contributed by atoms with E-state index in [2.05, 4.69) is 5.10 Å². The molecular weight excluding hydrogens is 231 g/mol. The summed E-state index contributed by atoms with van der Waals surface area (Å²) in [7, 11) is 0. The van der Waals surface area contributed by atoms with Crippen LogP contribution in [0.15, 0.2) is 12.1 Å². The molecule has 2 rings (SSSR count). The predicted molar refractivity (Wildman–Crippen MR) is 57.3 cm³/mol. The Hall–Kier alpha value is -1.98. The van der Waals surface area contributed by atoms with Gasteiger partial charge in [0, 0.05) is 12.1 Å². The van der Waals surface area contributed by atoms with Crippen LogP contribution < -0.4 is 5.73 Å². The summed E-state index contributed by atoms with van der Waals surface area (Å²) in [6.07, 6.45) is 0. The van der Waals surface area contributed by atoms with Gasteiger partial charge in [0.15, 0.2) is 17.5 Å². The van der Waals surface area contributed by atoms with Crippen LogP contribution in [0.1, 0.15) is 11.4 Å². The number of halogens is 3. The second-order valence-corrected chi connectivity index (χ2v) is 3.71. The van der Waals surface area contributed by atoms with Crippen molar-refractivity contribution >= 4 is 5.69 Å². The third-order valence-corrected chi connectivity index (χ3v) is 2.57. The average Bonchev–Trinajstić information content (AvgIpc) is 2.51. The first-order chi connectivity index (χ1) is 7.91. The van der Waals surface area contributed by atoms with Gasteiger partial charge in [-0.15, -0.1) is 0 Å². The van der Waals surface area contributed by atoms with Crippen LogP contribution in [0.25, 0.3) is 5.69 Å². The number of hydrogen-bond acceptors (Lipinski definition) is 2. The molecule has 0 amide bonds. The molecule has 0 aliphatic heterocycles. The third-order valence-electron chi connectivity index (χ3n) is 2.57. The van der Waals surface area contributed by atoms with Gasteiger partial charge < -0.3 is 5.73 Å². The number of nitrogens with two attached hydrogens (primary N) is 1. The van der Waals surface area contributed by atoms with Gasteiger partial charge in [0.25, 0.3) is 0 Å². The number of hydrogen-bond donors (Lipinski definition) is 1. The lowest BCUT2D eigenvalue weighted by molar-refractivity contribution is 0.491. The maximum Gasteiger partial charge on any atom is 0.161 e. The Bertz CT molecular complexity index is 590. The minimum Gasteiger partial charge on any atom is -0.396 e. The van der Waals surface area contributed by atoms with E-state index in [1.807, 2.05) is 0 Å². The van der Waals surface area contributed by atoms with Gasteiger partial charge in [-0.05, 0) is 13.8 Å². The fourth-order valence-corrected chi connectivity index (χ4v) is 1.56. The van der Waals surface area contributed by atoms with Crippen LogP contribution in [0.3, 0.4) is 0 Å². The van der Waals surface area contributed by atoms with Crippen molar-refractivity contribution in [2.45, 2.75) is 13.8 Å². The summed E-state index contributed by atoms with van der Waals surface area (Å²) >= 11 is 0. The van der Waals surface area contributed by atoms with E-state index in [-0.39, 0.29) is 5.69 Å². The van der Waals surface area contributed by atoms with Gasteiger partial charge in [-0.25, -0.2) is 17.9 Å². The van der Waals surface area contributed by atoms with E-state index in [0.717, 1.165) is 10.7 Å². The van der Waals surface area contributed by atoms with Crippen LogP contribution in [-0.4, -0.2) is 9.78 Å². The van der Waals surface area contributed by atoms with Crippen molar-refractivity contribution in [3.8, 4) is 5.69 Å². The molecule has 2 N–H and O–H groups in total. The lowest BCUT2D eigenvalue weighted by Gasteiger charge is -2.06. The van der Waals surface area contributed by atoms with Gasteiger partial charge >= 0.3 is 0 Å². The molecular formula is C11H10F3N3. The lowest BCUT2D eigenvalue weighted by Crippen LogP contribution is -2.04. The molecule has 0 radical (unpaired) electrons. The maximum absolute atomic E-state index is 13.5. The van der Waals surface area contributed by atoms with Gasteiger partial charge in [-0.3, -0.25) is 0 Å². The van der Waals surface area contributed by atoms with Crippen molar-refractivity contribution in [1.82, 2.24) is 9.78 Å². The normalized spacial score (nSPS) is 10.9. The first kappa shape index (κ1) is 11.5. The zero-order chi connectivity index (χ0) is 12.7. The zero-order valence-electron chi connectivity index (χ0n) is 9.26. The summed E-state index contributed by atoms with van der Waals surface area (Å²) in [5, 5.41) is 3.97. The molecule has 0 spiro atoms. The van der Waals surface area contributed by atoms with Crippen LogP contribution in [-0.2, 0) is 0 Å². The molecule has 0 atom stereocenters.